The fraction of sp³-hybridized carbons (Fsp3) is 0.571. The second-order valence-electron chi connectivity index (χ2n) is 3.24. The maximum atomic E-state index is 12.8. The minimum absolute atomic E-state index is 0. The summed E-state index contributed by atoms with van der Waals surface area (Å²) in [6.45, 7) is -0.473. The lowest BCUT2D eigenvalue weighted by molar-refractivity contribution is 0.0170. The molecule has 1 heterocycles. The average Bonchev–Trinajstić information content (AvgIpc) is 2.63. The first-order valence-corrected chi connectivity index (χ1v) is 5.84. The van der Waals surface area contributed by atoms with E-state index in [9.17, 15) is 17.2 Å². The minimum Gasteiger partial charge on any atom is -0.325 e. The highest BCUT2D eigenvalue weighted by molar-refractivity contribution is 7.89. The molecule has 1 rings (SSSR count). The molecule has 100 valence electrons. The summed E-state index contributed by atoms with van der Waals surface area (Å²) in [5.41, 5.74) is 5.06. The molecular formula is C7H13ClF2N4O2S. The number of aryl methyl sites for hydroxylation is 1. The number of hydrogen-bond donors (Lipinski definition) is 3. The van der Waals surface area contributed by atoms with Gasteiger partial charge in [0, 0.05) is 0 Å². The number of alkyl halides is 2. The van der Waals surface area contributed by atoms with Crippen molar-refractivity contribution in [2.45, 2.75) is 17.7 Å². The van der Waals surface area contributed by atoms with E-state index in [1.54, 1.807) is 4.72 Å². The molecule has 1 aromatic heterocycles. The molecule has 0 fully saturated rings. The van der Waals surface area contributed by atoms with Gasteiger partial charge in [-0.15, -0.1) is 12.4 Å². The topological polar surface area (TPSA) is 101 Å². The van der Waals surface area contributed by atoms with Crippen molar-refractivity contribution in [3.8, 4) is 0 Å². The maximum Gasteiger partial charge on any atom is 0.273 e. The number of sulfonamides is 1. The normalized spacial score (nSPS) is 12.2. The van der Waals surface area contributed by atoms with Crippen LogP contribution in [0.25, 0.3) is 0 Å². The van der Waals surface area contributed by atoms with Crippen LogP contribution in [0.4, 0.5) is 8.78 Å². The third kappa shape index (κ3) is 4.19. The Morgan fingerprint density at radius 1 is 1.59 bits per heavy atom. The lowest BCUT2D eigenvalue weighted by atomic mass is 10.3. The Kier molecular flexibility index (Phi) is 5.46. The number of hydrogen-bond acceptors (Lipinski definition) is 4. The van der Waals surface area contributed by atoms with Crippen LogP contribution in [-0.4, -0.2) is 37.6 Å². The van der Waals surface area contributed by atoms with Crippen LogP contribution in [-0.2, 0) is 10.0 Å². The number of rotatable bonds is 5. The Morgan fingerprint density at radius 2 is 2.18 bits per heavy atom. The summed E-state index contributed by atoms with van der Waals surface area (Å²) in [4.78, 5) is -0.152. The predicted molar refractivity (Wildman–Crippen MR) is 59.8 cm³/mol. The Bertz CT molecular complexity index is 462. The van der Waals surface area contributed by atoms with E-state index in [2.05, 4.69) is 10.2 Å². The first kappa shape index (κ1) is 16.2. The van der Waals surface area contributed by atoms with Crippen molar-refractivity contribution in [1.82, 2.24) is 14.9 Å². The molecule has 0 unspecified atom stereocenters. The van der Waals surface area contributed by atoms with E-state index in [4.69, 9.17) is 5.73 Å². The molecule has 0 saturated carbocycles. The molecule has 0 spiro atoms. The zero-order valence-electron chi connectivity index (χ0n) is 8.91. The van der Waals surface area contributed by atoms with Gasteiger partial charge in [0.25, 0.3) is 5.92 Å². The van der Waals surface area contributed by atoms with Crippen molar-refractivity contribution < 1.29 is 17.2 Å². The number of H-pyrrole nitrogens is 1. The predicted octanol–water partition coefficient (Wildman–Crippen LogP) is 0.0122. The lowest BCUT2D eigenvalue weighted by Crippen LogP contribution is -2.41. The van der Waals surface area contributed by atoms with E-state index >= 15 is 0 Å². The molecule has 0 aliphatic rings. The van der Waals surface area contributed by atoms with Crippen molar-refractivity contribution in [3.63, 3.8) is 0 Å². The monoisotopic (exact) mass is 290 g/mol. The van der Waals surface area contributed by atoms with E-state index in [0.717, 1.165) is 6.20 Å². The van der Waals surface area contributed by atoms with Gasteiger partial charge in [0.15, 0.2) is 0 Å². The fourth-order valence-electron chi connectivity index (χ4n) is 0.961. The number of nitrogens with two attached hydrogens (primary N) is 1. The van der Waals surface area contributed by atoms with Crippen LogP contribution in [0.2, 0.25) is 0 Å². The summed E-state index contributed by atoms with van der Waals surface area (Å²) in [5.74, 6) is -3.26. The average molecular weight is 291 g/mol. The molecule has 1 aromatic rings. The van der Waals surface area contributed by atoms with Gasteiger partial charge in [-0.3, -0.25) is 5.10 Å². The molecule has 0 atom stereocenters. The van der Waals surface area contributed by atoms with Gasteiger partial charge >= 0.3 is 0 Å². The largest absolute Gasteiger partial charge is 0.325 e. The van der Waals surface area contributed by atoms with Gasteiger partial charge in [0.05, 0.1) is 25.0 Å². The highest BCUT2D eigenvalue weighted by Crippen LogP contribution is 2.14. The SMILES string of the molecule is Cc1[nH]ncc1S(=O)(=O)NCC(F)(F)CN.Cl. The number of aromatic nitrogens is 2. The summed E-state index contributed by atoms with van der Waals surface area (Å²) in [5, 5.41) is 5.90. The summed E-state index contributed by atoms with van der Waals surface area (Å²) in [6.07, 6.45) is 1.05. The van der Waals surface area contributed by atoms with E-state index < -0.39 is 29.0 Å². The number of aromatic amines is 1. The lowest BCUT2D eigenvalue weighted by Gasteiger charge is -2.14. The van der Waals surface area contributed by atoms with Gasteiger partial charge in [0.1, 0.15) is 4.90 Å². The molecular weight excluding hydrogens is 278 g/mol. The summed E-state index contributed by atoms with van der Waals surface area (Å²) < 4.78 is 50.3. The van der Waals surface area contributed by atoms with Crippen LogP contribution < -0.4 is 10.5 Å². The zero-order valence-corrected chi connectivity index (χ0v) is 10.5. The van der Waals surface area contributed by atoms with Crippen LogP contribution >= 0.6 is 12.4 Å². The third-order valence-corrected chi connectivity index (χ3v) is 3.41. The van der Waals surface area contributed by atoms with Crippen molar-refractivity contribution in [2.24, 2.45) is 5.73 Å². The second-order valence-corrected chi connectivity index (χ2v) is 4.98. The molecule has 0 saturated heterocycles. The Labute approximate surface area is 103 Å². The quantitative estimate of drug-likeness (QED) is 0.711. The number of nitrogens with zero attached hydrogens (tertiary/aromatic N) is 1. The Hall–Kier alpha value is -0.770. The molecule has 0 aliphatic carbocycles. The zero-order chi connectivity index (χ0) is 12.4. The molecule has 0 bridgehead atoms. The van der Waals surface area contributed by atoms with E-state index in [1.165, 1.54) is 6.92 Å². The van der Waals surface area contributed by atoms with Gasteiger partial charge in [-0.1, -0.05) is 0 Å². The summed E-state index contributed by atoms with van der Waals surface area (Å²) in [6, 6.07) is 0. The van der Waals surface area contributed by atoms with Gasteiger partial charge in [-0.25, -0.2) is 21.9 Å². The highest BCUT2D eigenvalue weighted by atomic mass is 35.5. The first-order valence-electron chi connectivity index (χ1n) is 4.36. The van der Waals surface area contributed by atoms with Crippen molar-refractivity contribution in [2.75, 3.05) is 13.1 Å². The summed E-state index contributed by atoms with van der Waals surface area (Å²) in [7, 11) is -3.97. The number of nitrogens with one attached hydrogen (secondary N) is 2. The molecule has 0 radical (unpaired) electrons. The molecule has 17 heavy (non-hydrogen) atoms. The standard InChI is InChI=1S/C7H12F2N4O2S.ClH/c1-5-6(2-11-13-5)16(14,15)12-4-7(8,9)3-10;/h2,12H,3-4,10H2,1H3,(H,11,13);1H. The Morgan fingerprint density at radius 3 is 2.59 bits per heavy atom. The van der Waals surface area contributed by atoms with Crippen LogP contribution in [0, 0.1) is 6.92 Å². The van der Waals surface area contributed by atoms with Gasteiger partial charge in [0.2, 0.25) is 10.0 Å². The Balaban J connectivity index is 0.00000256. The highest BCUT2D eigenvalue weighted by Gasteiger charge is 2.30. The van der Waals surface area contributed by atoms with Gasteiger partial charge in [-0.05, 0) is 6.92 Å². The van der Waals surface area contributed by atoms with Gasteiger partial charge in [-0.2, -0.15) is 5.10 Å². The van der Waals surface area contributed by atoms with Crippen molar-refractivity contribution >= 4 is 22.4 Å². The van der Waals surface area contributed by atoms with Crippen molar-refractivity contribution in [3.05, 3.63) is 11.9 Å². The minimum atomic E-state index is -3.97. The molecule has 0 aliphatic heterocycles. The van der Waals surface area contributed by atoms with Gasteiger partial charge < -0.3 is 5.73 Å². The fourth-order valence-corrected chi connectivity index (χ4v) is 2.16. The molecule has 10 heteroatoms. The molecule has 6 nitrogen and oxygen atoms in total. The number of halogens is 3. The van der Waals surface area contributed by atoms with Crippen molar-refractivity contribution in [1.29, 1.82) is 0 Å². The molecule has 0 aromatic carbocycles. The first-order chi connectivity index (χ1) is 7.28. The van der Waals surface area contributed by atoms with E-state index in [-0.39, 0.29) is 23.0 Å². The third-order valence-electron chi connectivity index (χ3n) is 1.89. The smallest absolute Gasteiger partial charge is 0.273 e. The summed E-state index contributed by atoms with van der Waals surface area (Å²) >= 11 is 0. The van der Waals surface area contributed by atoms with Crippen LogP contribution in [0.5, 0.6) is 0 Å². The molecule has 0 amide bonds. The second kappa shape index (κ2) is 5.71. The maximum absolute atomic E-state index is 12.8. The van der Waals surface area contributed by atoms with E-state index in [0.29, 0.717) is 0 Å². The van der Waals surface area contributed by atoms with E-state index in [1.807, 2.05) is 0 Å². The molecule has 4 N–H and O–H groups in total. The van der Waals surface area contributed by atoms with Crippen LogP contribution in [0.3, 0.4) is 0 Å². The van der Waals surface area contributed by atoms with Crippen LogP contribution in [0.15, 0.2) is 11.1 Å². The van der Waals surface area contributed by atoms with Crippen LogP contribution in [0.1, 0.15) is 5.69 Å².